The van der Waals surface area contributed by atoms with Crippen LogP contribution in [0.4, 0.5) is 0 Å². The molecular formula is C20H24N2O3. The topological polar surface area (TPSA) is 66.0 Å². The quantitative estimate of drug-likeness (QED) is 0.678. The van der Waals surface area contributed by atoms with Crippen LogP contribution in [0.15, 0.2) is 39.9 Å². The number of nitrogens with zero attached hydrogens (tertiary/aromatic N) is 2. The van der Waals surface area contributed by atoms with E-state index in [0.29, 0.717) is 24.4 Å². The Morgan fingerprint density at radius 1 is 1.28 bits per heavy atom. The largest absolute Gasteiger partial charge is 0.455 e. The molecule has 0 fully saturated rings. The van der Waals surface area contributed by atoms with Gasteiger partial charge < -0.3 is 14.5 Å². The molecule has 25 heavy (non-hydrogen) atoms. The number of oxime groups is 1. The van der Waals surface area contributed by atoms with Crippen LogP contribution in [-0.4, -0.2) is 28.8 Å². The molecule has 1 aromatic carbocycles. The average Bonchev–Trinajstić information content (AvgIpc) is 2.89. The fourth-order valence-electron chi connectivity index (χ4n) is 3.51. The number of carbonyl (C=O) groups excluding carboxylic acids is 1. The Kier molecular flexibility index (Phi) is 4.41. The van der Waals surface area contributed by atoms with Crippen LogP contribution < -0.4 is 0 Å². The number of carbonyl (C=O) groups is 1. The highest BCUT2D eigenvalue weighted by molar-refractivity contribution is 6.06. The smallest absolute Gasteiger partial charge is 0.289 e. The predicted molar refractivity (Wildman–Crippen MR) is 96.1 cm³/mol. The Labute approximate surface area is 147 Å². The van der Waals surface area contributed by atoms with Gasteiger partial charge in [-0.25, -0.2) is 0 Å². The van der Waals surface area contributed by atoms with Crippen LogP contribution in [0, 0.1) is 12.3 Å². The maximum Gasteiger partial charge on any atom is 0.289 e. The molecule has 0 aliphatic heterocycles. The van der Waals surface area contributed by atoms with Crippen LogP contribution in [0.5, 0.6) is 0 Å². The van der Waals surface area contributed by atoms with Gasteiger partial charge in [-0.15, -0.1) is 0 Å². The van der Waals surface area contributed by atoms with Crippen molar-refractivity contribution >= 4 is 11.6 Å². The number of benzene rings is 1. The first kappa shape index (κ1) is 17.3. The summed E-state index contributed by atoms with van der Waals surface area (Å²) in [5.74, 6) is 0.908. The zero-order chi connectivity index (χ0) is 18.2. The Morgan fingerprint density at radius 3 is 2.60 bits per heavy atom. The minimum absolute atomic E-state index is 0.0604. The van der Waals surface area contributed by atoms with Crippen molar-refractivity contribution in [2.45, 2.75) is 40.2 Å². The molecule has 5 heteroatoms. The molecule has 0 saturated carbocycles. The summed E-state index contributed by atoms with van der Waals surface area (Å²) in [7, 11) is 1.77. The molecule has 0 unspecified atom stereocenters. The zero-order valence-corrected chi connectivity index (χ0v) is 15.2. The van der Waals surface area contributed by atoms with Gasteiger partial charge in [0.1, 0.15) is 5.76 Å². The molecule has 0 bridgehead atoms. The first-order valence-electron chi connectivity index (χ1n) is 8.45. The van der Waals surface area contributed by atoms with Gasteiger partial charge in [-0.3, -0.25) is 4.79 Å². The lowest BCUT2D eigenvalue weighted by Crippen LogP contribution is -2.27. The highest BCUT2D eigenvalue weighted by Gasteiger charge is 2.36. The van der Waals surface area contributed by atoms with Gasteiger partial charge in [0.2, 0.25) is 0 Å². The van der Waals surface area contributed by atoms with Crippen molar-refractivity contribution in [1.29, 1.82) is 0 Å². The molecule has 1 amide bonds. The maximum atomic E-state index is 12.9. The van der Waals surface area contributed by atoms with Crippen molar-refractivity contribution in [1.82, 2.24) is 4.90 Å². The Hall–Kier alpha value is -2.56. The second kappa shape index (κ2) is 6.39. The molecule has 1 aliphatic rings. The van der Waals surface area contributed by atoms with E-state index < -0.39 is 0 Å². The van der Waals surface area contributed by atoms with E-state index in [2.05, 4.69) is 19.0 Å². The third-order valence-electron chi connectivity index (χ3n) is 4.72. The highest BCUT2D eigenvalue weighted by atomic mass is 16.4. The number of fused-ring (bicyclic) bond motifs is 1. The lowest BCUT2D eigenvalue weighted by molar-refractivity contribution is 0.0749. The van der Waals surface area contributed by atoms with Crippen LogP contribution in [0.2, 0.25) is 0 Å². The summed E-state index contributed by atoms with van der Waals surface area (Å²) < 4.78 is 5.94. The molecule has 3 rings (SSSR count). The van der Waals surface area contributed by atoms with Crippen molar-refractivity contribution < 1.29 is 14.4 Å². The zero-order valence-electron chi connectivity index (χ0n) is 15.2. The third-order valence-corrected chi connectivity index (χ3v) is 4.72. The molecule has 1 aliphatic carbocycles. The Morgan fingerprint density at radius 2 is 1.96 bits per heavy atom. The predicted octanol–water partition coefficient (Wildman–Crippen LogP) is 4.01. The Balaban J connectivity index is 1.91. The fraction of sp³-hybridized carbons (Fsp3) is 0.400. The second-order valence-electron chi connectivity index (χ2n) is 7.57. The molecule has 1 N–H and O–H groups in total. The summed E-state index contributed by atoms with van der Waals surface area (Å²) in [5.41, 5.74) is 3.14. The number of hydrogen-bond acceptors (Lipinski definition) is 4. The normalized spacial score (nSPS) is 17.4. The SMILES string of the molecule is Cc1c(C(=O)N(C)Cc2ccccc2)oc2c1/C(=N\O)CC(C)(C)C2. The van der Waals surface area contributed by atoms with E-state index in [1.54, 1.807) is 11.9 Å². The van der Waals surface area contributed by atoms with Crippen molar-refractivity contribution in [3.8, 4) is 0 Å². The van der Waals surface area contributed by atoms with Gasteiger partial charge in [-0.2, -0.15) is 0 Å². The lowest BCUT2D eigenvalue weighted by atomic mass is 9.75. The summed E-state index contributed by atoms with van der Waals surface area (Å²) in [6.07, 6.45) is 1.38. The Bertz CT molecular complexity index is 819. The molecule has 2 aromatic rings. The van der Waals surface area contributed by atoms with Gasteiger partial charge in [0, 0.05) is 31.1 Å². The highest BCUT2D eigenvalue weighted by Crippen LogP contribution is 2.39. The molecular weight excluding hydrogens is 316 g/mol. The van der Waals surface area contributed by atoms with Gasteiger partial charge >= 0.3 is 0 Å². The van der Waals surface area contributed by atoms with Crippen molar-refractivity contribution in [2.24, 2.45) is 10.6 Å². The monoisotopic (exact) mass is 340 g/mol. The minimum atomic E-state index is -0.161. The molecule has 0 radical (unpaired) electrons. The number of furan rings is 1. The summed E-state index contributed by atoms with van der Waals surface area (Å²) in [6.45, 7) is 6.57. The van der Waals surface area contributed by atoms with E-state index in [1.807, 2.05) is 37.3 Å². The van der Waals surface area contributed by atoms with Crippen LogP contribution in [-0.2, 0) is 13.0 Å². The van der Waals surface area contributed by atoms with E-state index >= 15 is 0 Å². The molecule has 0 saturated heterocycles. The van der Waals surface area contributed by atoms with Crippen LogP contribution >= 0.6 is 0 Å². The average molecular weight is 340 g/mol. The molecule has 0 spiro atoms. The van der Waals surface area contributed by atoms with Gasteiger partial charge in [-0.1, -0.05) is 49.3 Å². The molecule has 1 aromatic heterocycles. The van der Waals surface area contributed by atoms with E-state index in [4.69, 9.17) is 4.42 Å². The second-order valence-corrected chi connectivity index (χ2v) is 7.57. The number of hydrogen-bond donors (Lipinski definition) is 1. The van der Waals surface area contributed by atoms with Crippen LogP contribution in [0.3, 0.4) is 0 Å². The van der Waals surface area contributed by atoms with Gasteiger partial charge in [0.25, 0.3) is 5.91 Å². The van der Waals surface area contributed by atoms with E-state index in [9.17, 15) is 10.0 Å². The first-order valence-corrected chi connectivity index (χ1v) is 8.45. The molecule has 1 heterocycles. The van der Waals surface area contributed by atoms with Crippen molar-refractivity contribution in [3.05, 3.63) is 58.5 Å². The molecule has 132 valence electrons. The van der Waals surface area contributed by atoms with Gasteiger partial charge in [0.15, 0.2) is 5.76 Å². The van der Waals surface area contributed by atoms with Crippen molar-refractivity contribution in [2.75, 3.05) is 7.05 Å². The van der Waals surface area contributed by atoms with E-state index in [1.165, 1.54) is 0 Å². The van der Waals surface area contributed by atoms with Gasteiger partial charge in [0.05, 0.1) is 5.71 Å². The van der Waals surface area contributed by atoms with Gasteiger partial charge in [-0.05, 0) is 24.3 Å². The number of rotatable bonds is 3. The number of amides is 1. The maximum absolute atomic E-state index is 12.9. The van der Waals surface area contributed by atoms with E-state index in [0.717, 1.165) is 28.9 Å². The standard InChI is InChI=1S/C20H24N2O3/c1-13-17-15(21-24)10-20(2,3)11-16(17)25-18(13)19(23)22(4)12-14-8-6-5-7-9-14/h5-9,24H,10-12H2,1-4H3/b21-15-. The van der Waals surface area contributed by atoms with Crippen molar-refractivity contribution in [3.63, 3.8) is 0 Å². The molecule has 5 nitrogen and oxygen atoms in total. The summed E-state index contributed by atoms with van der Waals surface area (Å²) in [4.78, 5) is 14.5. The first-order chi connectivity index (χ1) is 11.8. The lowest BCUT2D eigenvalue weighted by Gasteiger charge is -2.28. The minimum Gasteiger partial charge on any atom is -0.455 e. The summed E-state index contributed by atoms with van der Waals surface area (Å²) >= 11 is 0. The fourth-order valence-corrected chi connectivity index (χ4v) is 3.51. The third kappa shape index (κ3) is 3.31. The summed E-state index contributed by atoms with van der Waals surface area (Å²) in [5, 5.41) is 12.9. The summed E-state index contributed by atoms with van der Waals surface area (Å²) in [6, 6.07) is 9.84. The van der Waals surface area contributed by atoms with Crippen LogP contribution in [0.25, 0.3) is 0 Å². The molecule has 0 atom stereocenters. The van der Waals surface area contributed by atoms with Crippen LogP contribution in [0.1, 0.15) is 53.3 Å². The van der Waals surface area contributed by atoms with E-state index in [-0.39, 0.29) is 11.3 Å².